The van der Waals surface area contributed by atoms with Gasteiger partial charge in [-0.15, -0.1) is 11.3 Å². The van der Waals surface area contributed by atoms with E-state index in [0.717, 1.165) is 63.9 Å². The lowest BCUT2D eigenvalue weighted by molar-refractivity contribution is 0.0863. The number of amides is 1. The van der Waals surface area contributed by atoms with Gasteiger partial charge in [0.2, 0.25) is 0 Å². The largest absolute Gasteiger partial charge is 0.446 e. The summed E-state index contributed by atoms with van der Waals surface area (Å²) in [5.41, 5.74) is 4.07. The van der Waals surface area contributed by atoms with Crippen molar-refractivity contribution >= 4 is 50.1 Å². The van der Waals surface area contributed by atoms with Crippen molar-refractivity contribution in [1.29, 1.82) is 0 Å². The number of nitrogens with zero attached hydrogens (tertiary/aromatic N) is 3. The Morgan fingerprint density at radius 2 is 2.03 bits per heavy atom. The Hall–Kier alpha value is -3.98. The molecule has 7 rings (SSSR count). The highest BCUT2D eigenvalue weighted by Gasteiger charge is 2.46. The molecule has 0 bridgehead atoms. The standard InChI is InChI=1S/C27H24N6O2S/c34-26(32-27(10-11-27)17-4-2-1-3-5-17)35-19-7-8-20-22(13-19)36-25-23(20)24(28-15-29-25)31-18-6-9-21-16(12-18)14-30-33-21/h1-6,9,12,14-15,19H,7-8,10-11,13H2,(H,30,33)(H,32,34)(H,28,29,31). The van der Waals surface area contributed by atoms with E-state index in [0.29, 0.717) is 6.42 Å². The quantitative estimate of drug-likeness (QED) is 0.293. The summed E-state index contributed by atoms with van der Waals surface area (Å²) < 4.78 is 5.90. The highest BCUT2D eigenvalue weighted by molar-refractivity contribution is 7.19. The number of hydrogen-bond acceptors (Lipinski definition) is 7. The van der Waals surface area contributed by atoms with Crippen LogP contribution in [-0.4, -0.2) is 32.4 Å². The minimum atomic E-state index is -0.331. The van der Waals surface area contributed by atoms with E-state index in [1.165, 1.54) is 10.4 Å². The van der Waals surface area contributed by atoms with Crippen LogP contribution < -0.4 is 10.6 Å². The van der Waals surface area contributed by atoms with Crippen molar-refractivity contribution in [3.63, 3.8) is 0 Å². The van der Waals surface area contributed by atoms with E-state index in [4.69, 9.17) is 4.74 Å². The SMILES string of the molecule is O=C(NC1(c2ccccc2)CC1)OC1CCc2c(sc3ncnc(Nc4ccc5[nH]ncc5c4)c23)C1. The van der Waals surface area contributed by atoms with E-state index >= 15 is 0 Å². The molecular weight excluding hydrogens is 472 g/mol. The average Bonchev–Trinajstić information content (AvgIpc) is 3.35. The molecule has 1 unspecified atom stereocenters. The van der Waals surface area contributed by atoms with Crippen molar-refractivity contribution < 1.29 is 9.53 Å². The van der Waals surface area contributed by atoms with Gasteiger partial charge in [0.05, 0.1) is 22.6 Å². The Kier molecular flexibility index (Phi) is 4.92. The number of aromatic nitrogens is 4. The van der Waals surface area contributed by atoms with Gasteiger partial charge in [0.1, 0.15) is 23.1 Å². The van der Waals surface area contributed by atoms with Crippen LogP contribution in [0, 0.1) is 0 Å². The molecule has 0 saturated heterocycles. The predicted octanol–water partition coefficient (Wildman–Crippen LogP) is 5.58. The monoisotopic (exact) mass is 496 g/mol. The van der Waals surface area contributed by atoms with Crippen LogP contribution in [0.15, 0.2) is 61.1 Å². The first-order valence-corrected chi connectivity index (χ1v) is 13.0. The first kappa shape index (κ1) is 21.3. The number of carbonyl (C=O) groups excluding carboxylic acids is 1. The number of aryl methyl sites for hydroxylation is 1. The van der Waals surface area contributed by atoms with Crippen molar-refractivity contribution in [3.05, 3.63) is 77.1 Å². The molecule has 36 heavy (non-hydrogen) atoms. The second kappa shape index (κ2) is 8.30. The summed E-state index contributed by atoms with van der Waals surface area (Å²) in [6.07, 6.45) is 7.11. The number of H-pyrrole nitrogens is 1. The lowest BCUT2D eigenvalue weighted by Gasteiger charge is -2.25. The molecule has 3 N–H and O–H groups in total. The zero-order chi connectivity index (χ0) is 24.1. The summed E-state index contributed by atoms with van der Waals surface area (Å²) >= 11 is 1.66. The van der Waals surface area contributed by atoms with E-state index in [1.54, 1.807) is 17.7 Å². The number of ether oxygens (including phenoxy) is 1. The van der Waals surface area contributed by atoms with Gasteiger partial charge in [0.15, 0.2) is 0 Å². The molecule has 3 heterocycles. The second-order valence-corrected chi connectivity index (χ2v) is 10.6. The van der Waals surface area contributed by atoms with Gasteiger partial charge in [-0.1, -0.05) is 30.3 Å². The fourth-order valence-electron chi connectivity index (χ4n) is 5.18. The average molecular weight is 497 g/mol. The smallest absolute Gasteiger partial charge is 0.408 e. The molecule has 5 aromatic rings. The maximum Gasteiger partial charge on any atom is 0.408 e. The van der Waals surface area contributed by atoms with Crippen LogP contribution in [0.4, 0.5) is 16.3 Å². The van der Waals surface area contributed by atoms with E-state index in [9.17, 15) is 4.79 Å². The number of hydrogen-bond donors (Lipinski definition) is 3. The number of fused-ring (bicyclic) bond motifs is 4. The summed E-state index contributed by atoms with van der Waals surface area (Å²) in [5, 5.41) is 15.8. The van der Waals surface area contributed by atoms with Gasteiger partial charge in [-0.2, -0.15) is 5.10 Å². The zero-order valence-electron chi connectivity index (χ0n) is 19.5. The molecule has 9 heteroatoms. The molecule has 180 valence electrons. The van der Waals surface area contributed by atoms with E-state index in [2.05, 4.69) is 49.0 Å². The van der Waals surface area contributed by atoms with Crippen LogP contribution >= 0.6 is 11.3 Å². The molecule has 2 aromatic carbocycles. The summed E-state index contributed by atoms with van der Waals surface area (Å²) in [5.74, 6) is 0.802. The minimum Gasteiger partial charge on any atom is -0.446 e. The minimum absolute atomic E-state index is 0.148. The Morgan fingerprint density at radius 3 is 2.89 bits per heavy atom. The Labute approximate surface area is 211 Å². The topological polar surface area (TPSA) is 105 Å². The molecule has 2 aliphatic carbocycles. The van der Waals surface area contributed by atoms with Crippen LogP contribution in [0.2, 0.25) is 0 Å². The molecule has 0 radical (unpaired) electrons. The number of alkyl carbamates (subject to hydrolysis) is 1. The van der Waals surface area contributed by atoms with Gasteiger partial charge in [-0.05, 0) is 55.0 Å². The molecule has 1 amide bonds. The third-order valence-electron chi connectivity index (χ3n) is 7.19. The summed E-state index contributed by atoms with van der Waals surface area (Å²) in [6, 6.07) is 16.2. The van der Waals surface area contributed by atoms with Crippen LogP contribution in [0.1, 0.15) is 35.3 Å². The lowest BCUT2D eigenvalue weighted by atomic mass is 9.94. The molecule has 1 fully saturated rings. The highest BCUT2D eigenvalue weighted by atomic mass is 32.1. The number of carbonyl (C=O) groups is 1. The molecule has 2 aliphatic rings. The van der Waals surface area contributed by atoms with Crippen molar-refractivity contribution in [3.8, 4) is 0 Å². The highest BCUT2D eigenvalue weighted by Crippen LogP contribution is 2.45. The van der Waals surface area contributed by atoms with Crippen molar-refractivity contribution in [2.45, 2.75) is 43.7 Å². The number of thiophene rings is 1. The molecule has 0 aliphatic heterocycles. The van der Waals surface area contributed by atoms with Gasteiger partial charge in [-0.25, -0.2) is 14.8 Å². The fraction of sp³-hybridized carbons (Fsp3) is 0.259. The first-order valence-electron chi connectivity index (χ1n) is 12.2. The second-order valence-electron chi connectivity index (χ2n) is 9.55. The third kappa shape index (κ3) is 3.76. The van der Waals surface area contributed by atoms with Gasteiger partial charge < -0.3 is 15.4 Å². The number of rotatable bonds is 5. The van der Waals surface area contributed by atoms with Crippen LogP contribution in [0.5, 0.6) is 0 Å². The number of anilines is 2. The normalized spacial score (nSPS) is 18.1. The van der Waals surface area contributed by atoms with E-state index in [1.807, 2.05) is 36.5 Å². The van der Waals surface area contributed by atoms with E-state index < -0.39 is 0 Å². The maximum absolute atomic E-state index is 12.8. The van der Waals surface area contributed by atoms with E-state index in [-0.39, 0.29) is 17.7 Å². The molecular formula is C27H24N6O2S. The Bertz CT molecular complexity index is 1590. The van der Waals surface area contributed by atoms with Crippen molar-refractivity contribution in [1.82, 2.24) is 25.5 Å². The molecule has 1 atom stereocenters. The lowest BCUT2D eigenvalue weighted by Crippen LogP contribution is -2.38. The first-order chi connectivity index (χ1) is 17.7. The van der Waals surface area contributed by atoms with Gasteiger partial charge in [0.25, 0.3) is 0 Å². The van der Waals surface area contributed by atoms with Gasteiger partial charge in [0, 0.05) is 22.4 Å². The zero-order valence-corrected chi connectivity index (χ0v) is 20.3. The fourth-order valence-corrected chi connectivity index (χ4v) is 6.43. The molecule has 8 nitrogen and oxygen atoms in total. The molecule has 1 saturated carbocycles. The van der Waals surface area contributed by atoms with Crippen molar-refractivity contribution in [2.75, 3.05) is 5.32 Å². The number of nitrogens with one attached hydrogen (secondary N) is 3. The summed E-state index contributed by atoms with van der Waals surface area (Å²) in [7, 11) is 0. The van der Waals surface area contributed by atoms with Crippen LogP contribution in [0.25, 0.3) is 21.1 Å². The van der Waals surface area contributed by atoms with Crippen LogP contribution in [0.3, 0.4) is 0 Å². The van der Waals surface area contributed by atoms with Gasteiger partial charge >= 0.3 is 6.09 Å². The summed E-state index contributed by atoms with van der Waals surface area (Å²) in [6.45, 7) is 0. The number of benzene rings is 2. The Balaban J connectivity index is 1.09. The molecule has 0 spiro atoms. The summed E-state index contributed by atoms with van der Waals surface area (Å²) in [4.78, 5) is 24.1. The molecule has 3 aromatic heterocycles. The van der Waals surface area contributed by atoms with Crippen LogP contribution in [-0.2, 0) is 23.1 Å². The Morgan fingerprint density at radius 1 is 1.14 bits per heavy atom. The van der Waals surface area contributed by atoms with Crippen molar-refractivity contribution in [2.24, 2.45) is 0 Å². The third-order valence-corrected chi connectivity index (χ3v) is 8.36. The van der Waals surface area contributed by atoms with Gasteiger partial charge in [-0.3, -0.25) is 5.10 Å². The number of aromatic amines is 1. The predicted molar refractivity (Wildman–Crippen MR) is 140 cm³/mol. The maximum atomic E-state index is 12.8.